The highest BCUT2D eigenvalue weighted by molar-refractivity contribution is 6.39. The van der Waals surface area contributed by atoms with Crippen LogP contribution in [0.4, 0.5) is 9.59 Å². The van der Waals surface area contributed by atoms with Crippen molar-refractivity contribution in [3.8, 4) is 0 Å². The van der Waals surface area contributed by atoms with Crippen LogP contribution in [0.2, 0.25) is 0 Å². The molecule has 0 fully saturated rings. The maximum Gasteiger partial charge on any atom is 0.794 e. The lowest BCUT2D eigenvalue weighted by Crippen LogP contribution is -2.27. The van der Waals surface area contributed by atoms with Gasteiger partial charge in [-0.3, -0.25) is 0 Å². The molecular weight excluding hydrogens is 147 g/mol. The largest absolute Gasteiger partial charge is 0.794 e. The molecule has 0 aliphatic heterocycles. The van der Waals surface area contributed by atoms with Gasteiger partial charge in [0.25, 0.3) is 0 Å². The lowest BCUT2D eigenvalue weighted by molar-refractivity contribution is 0.0933. The van der Waals surface area contributed by atoms with E-state index in [9.17, 15) is 9.59 Å². The maximum atomic E-state index is 9.54. The maximum absolute atomic E-state index is 9.54. The summed E-state index contributed by atoms with van der Waals surface area (Å²) in [5, 5.41) is 23.7. The van der Waals surface area contributed by atoms with E-state index in [-0.39, 0.29) is 0 Å². The molecule has 0 bridgehead atoms. The van der Waals surface area contributed by atoms with Gasteiger partial charge in [-0.15, -0.1) is 0 Å². The summed E-state index contributed by atoms with van der Waals surface area (Å²) in [6, 6.07) is 0. The van der Waals surface area contributed by atoms with Gasteiger partial charge in [-0.25, -0.2) is 9.59 Å². The van der Waals surface area contributed by atoms with Crippen molar-refractivity contribution in [2.45, 2.75) is 0 Å². The molecule has 10 heavy (non-hydrogen) atoms. The summed E-state index contributed by atoms with van der Waals surface area (Å²) in [4.78, 5) is 19.1. The van der Waals surface area contributed by atoms with Crippen LogP contribution in [0.15, 0.2) is 0 Å². The van der Waals surface area contributed by atoms with E-state index in [1.807, 2.05) is 0 Å². The molecule has 0 aromatic carbocycles. The fourth-order valence-electron chi connectivity index (χ4n) is 0.197. The first-order valence-electron chi connectivity index (χ1n) is 1.99. The molecule has 56 valence electrons. The molecule has 0 saturated heterocycles. The summed E-state index contributed by atoms with van der Waals surface area (Å²) < 4.78 is 6.86. The molecule has 0 radical (unpaired) electrons. The van der Waals surface area contributed by atoms with E-state index >= 15 is 0 Å². The lowest BCUT2D eigenvalue weighted by Gasteiger charge is -2.00. The zero-order chi connectivity index (χ0) is 8.15. The summed E-state index contributed by atoms with van der Waals surface area (Å²) in [6.07, 6.45) is -3.65. The number of hydrogen-bond donors (Lipinski definition) is 3. The SMILES string of the molecule is O=C(O)OB(O)OC(=O)O. The molecule has 7 nitrogen and oxygen atoms in total. The third-order valence-electron chi connectivity index (χ3n) is 0.403. The highest BCUT2D eigenvalue weighted by atomic mass is 16.8. The Bertz CT molecular complexity index is 127. The topological polar surface area (TPSA) is 113 Å². The quantitative estimate of drug-likeness (QED) is 0.448. The van der Waals surface area contributed by atoms with E-state index < -0.39 is 19.6 Å². The number of carbonyl (C=O) groups is 2. The zero-order valence-electron chi connectivity index (χ0n) is 4.55. The second-order valence-corrected chi connectivity index (χ2v) is 1.07. The van der Waals surface area contributed by atoms with Gasteiger partial charge in [0.05, 0.1) is 0 Å². The van der Waals surface area contributed by atoms with E-state index in [0.717, 1.165) is 0 Å². The van der Waals surface area contributed by atoms with Crippen LogP contribution in [-0.4, -0.2) is 34.9 Å². The van der Waals surface area contributed by atoms with Crippen molar-refractivity contribution in [3.05, 3.63) is 0 Å². The Morgan fingerprint density at radius 1 is 1.10 bits per heavy atom. The molecular formula is C2H3BO7. The average molecular weight is 150 g/mol. The van der Waals surface area contributed by atoms with Crippen molar-refractivity contribution in [3.63, 3.8) is 0 Å². The van der Waals surface area contributed by atoms with Crippen molar-refractivity contribution in [1.82, 2.24) is 0 Å². The van der Waals surface area contributed by atoms with Gasteiger partial charge in [0.15, 0.2) is 0 Å². The summed E-state index contributed by atoms with van der Waals surface area (Å²) in [6.45, 7) is 0. The minimum Gasteiger partial charge on any atom is -0.451 e. The van der Waals surface area contributed by atoms with E-state index in [1.165, 1.54) is 0 Å². The average Bonchev–Trinajstić information content (AvgIpc) is 1.58. The van der Waals surface area contributed by atoms with Gasteiger partial charge in [0.2, 0.25) is 0 Å². The van der Waals surface area contributed by atoms with Gasteiger partial charge >= 0.3 is 19.6 Å². The van der Waals surface area contributed by atoms with Crippen molar-refractivity contribution in [2.24, 2.45) is 0 Å². The molecule has 0 aromatic heterocycles. The number of carboxylic acid groups (broad SMARTS) is 2. The normalized spacial score (nSPS) is 8.10. The van der Waals surface area contributed by atoms with Crippen LogP contribution in [0, 0.1) is 0 Å². The van der Waals surface area contributed by atoms with E-state index in [0.29, 0.717) is 0 Å². The molecule has 0 atom stereocenters. The fourth-order valence-corrected chi connectivity index (χ4v) is 0.197. The predicted octanol–water partition coefficient (Wildman–Crippen LogP) is -0.647. The van der Waals surface area contributed by atoms with Crippen LogP contribution in [0.1, 0.15) is 0 Å². The Kier molecular flexibility index (Phi) is 3.05. The Balaban J connectivity index is 3.53. The van der Waals surface area contributed by atoms with Crippen molar-refractivity contribution >= 4 is 19.6 Å². The van der Waals surface area contributed by atoms with E-state index in [4.69, 9.17) is 15.2 Å². The molecule has 0 spiro atoms. The van der Waals surface area contributed by atoms with Gasteiger partial charge in [0, 0.05) is 0 Å². The van der Waals surface area contributed by atoms with Crippen LogP contribution in [-0.2, 0) is 9.31 Å². The Labute approximate surface area is 55.0 Å². The van der Waals surface area contributed by atoms with Gasteiger partial charge < -0.3 is 24.5 Å². The molecule has 0 aliphatic rings. The molecule has 0 rings (SSSR count). The Hall–Kier alpha value is -1.44. The predicted molar refractivity (Wildman–Crippen MR) is 26.2 cm³/mol. The number of rotatable bonds is 2. The summed E-state index contributed by atoms with van der Waals surface area (Å²) in [5.41, 5.74) is 0. The van der Waals surface area contributed by atoms with Crippen molar-refractivity contribution in [1.29, 1.82) is 0 Å². The van der Waals surface area contributed by atoms with Gasteiger partial charge in [-0.2, -0.15) is 0 Å². The van der Waals surface area contributed by atoms with Gasteiger partial charge in [-0.05, 0) is 0 Å². The molecule has 0 heterocycles. The zero-order valence-corrected chi connectivity index (χ0v) is 4.55. The Morgan fingerprint density at radius 2 is 1.40 bits per heavy atom. The van der Waals surface area contributed by atoms with Crippen molar-refractivity contribution < 1.29 is 34.1 Å². The molecule has 0 saturated carbocycles. The summed E-state index contributed by atoms with van der Waals surface area (Å²) in [5.74, 6) is 0. The molecule has 0 aromatic rings. The first kappa shape index (κ1) is 8.56. The smallest absolute Gasteiger partial charge is 0.451 e. The van der Waals surface area contributed by atoms with E-state index in [1.54, 1.807) is 0 Å². The Morgan fingerprint density at radius 3 is 1.60 bits per heavy atom. The highest BCUT2D eigenvalue weighted by Gasteiger charge is 2.26. The van der Waals surface area contributed by atoms with Crippen molar-refractivity contribution in [2.75, 3.05) is 0 Å². The number of hydrogen-bond acceptors (Lipinski definition) is 5. The van der Waals surface area contributed by atoms with Crippen LogP contribution in [0.3, 0.4) is 0 Å². The molecule has 8 heteroatoms. The molecule has 3 N–H and O–H groups in total. The van der Waals surface area contributed by atoms with Crippen LogP contribution in [0.5, 0.6) is 0 Å². The standard InChI is InChI=1S/C2H3BO7/c4-1(5)9-3(8)10-2(6)7/h8H,(H,4,5)(H,6,7). The van der Waals surface area contributed by atoms with Crippen LogP contribution in [0.25, 0.3) is 0 Å². The van der Waals surface area contributed by atoms with Crippen LogP contribution < -0.4 is 0 Å². The summed E-state index contributed by atoms with van der Waals surface area (Å²) in [7, 11) is -2.28. The third kappa shape index (κ3) is 4.72. The van der Waals surface area contributed by atoms with E-state index in [2.05, 4.69) is 9.31 Å². The minimum absolute atomic E-state index is 1.83. The molecule has 0 aliphatic carbocycles. The minimum atomic E-state index is -2.28. The first-order valence-corrected chi connectivity index (χ1v) is 1.99. The molecule has 0 unspecified atom stereocenters. The highest BCUT2D eigenvalue weighted by Crippen LogP contribution is 1.85. The second-order valence-electron chi connectivity index (χ2n) is 1.07. The molecule has 0 amide bonds. The third-order valence-corrected chi connectivity index (χ3v) is 0.403. The van der Waals surface area contributed by atoms with Gasteiger partial charge in [0.1, 0.15) is 0 Å². The van der Waals surface area contributed by atoms with Crippen LogP contribution >= 0.6 is 0 Å². The van der Waals surface area contributed by atoms with Gasteiger partial charge in [-0.1, -0.05) is 0 Å². The first-order chi connectivity index (χ1) is 4.52. The second kappa shape index (κ2) is 3.56. The fraction of sp³-hybridized carbons (Fsp3) is 0. The lowest BCUT2D eigenvalue weighted by atomic mass is 10.2. The monoisotopic (exact) mass is 150 g/mol. The summed E-state index contributed by atoms with van der Waals surface area (Å²) >= 11 is 0.